The summed E-state index contributed by atoms with van der Waals surface area (Å²) >= 11 is 0. The molecule has 146 valence electrons. The van der Waals surface area contributed by atoms with Gasteiger partial charge in [-0.15, -0.1) is 0 Å². The van der Waals surface area contributed by atoms with Gasteiger partial charge in [-0.2, -0.15) is 4.98 Å². The summed E-state index contributed by atoms with van der Waals surface area (Å²) in [6.45, 7) is 8.02. The average molecular weight is 360 g/mol. The van der Waals surface area contributed by atoms with Crippen LogP contribution < -0.4 is 10.2 Å². The lowest BCUT2D eigenvalue weighted by atomic mass is 10.2. The van der Waals surface area contributed by atoms with Crippen molar-refractivity contribution in [2.24, 2.45) is 0 Å². The van der Waals surface area contributed by atoms with E-state index in [-0.39, 0.29) is 0 Å². The number of unbranched alkanes of at least 4 members (excludes halogenated alkanes) is 3. The Balaban J connectivity index is 1.48. The fourth-order valence-corrected chi connectivity index (χ4v) is 4.28. The van der Waals surface area contributed by atoms with E-state index in [1.54, 1.807) is 0 Å². The zero-order chi connectivity index (χ0) is 18.0. The van der Waals surface area contributed by atoms with Crippen molar-refractivity contribution in [1.82, 2.24) is 14.9 Å². The molecule has 3 rings (SSSR count). The molecule has 26 heavy (non-hydrogen) atoms. The predicted molar refractivity (Wildman–Crippen MR) is 110 cm³/mol. The van der Waals surface area contributed by atoms with E-state index in [2.05, 4.69) is 33.1 Å². The smallest absolute Gasteiger partial charge is 0.224 e. The molecule has 2 aliphatic rings. The molecule has 0 spiro atoms. The molecule has 1 aromatic heterocycles. The van der Waals surface area contributed by atoms with Crippen molar-refractivity contribution in [3.63, 3.8) is 0 Å². The topological polar surface area (TPSA) is 44.3 Å². The van der Waals surface area contributed by atoms with E-state index in [9.17, 15) is 0 Å². The van der Waals surface area contributed by atoms with Gasteiger partial charge < -0.3 is 10.2 Å². The summed E-state index contributed by atoms with van der Waals surface area (Å²) in [5.41, 5.74) is 0. The number of rotatable bonds is 9. The Labute approximate surface area is 159 Å². The number of hydrogen-bond donors (Lipinski definition) is 1. The maximum Gasteiger partial charge on any atom is 0.224 e. The molecule has 5 heteroatoms. The molecule has 0 radical (unpaired) electrons. The Hall–Kier alpha value is -1.36. The molecule has 0 amide bonds. The van der Waals surface area contributed by atoms with Crippen LogP contribution in [0.2, 0.25) is 0 Å². The predicted octanol–water partition coefficient (Wildman–Crippen LogP) is 4.31. The van der Waals surface area contributed by atoms with Crippen molar-refractivity contribution in [3.8, 4) is 0 Å². The molecule has 2 aliphatic heterocycles. The van der Waals surface area contributed by atoms with E-state index in [0.717, 1.165) is 31.4 Å². The van der Waals surface area contributed by atoms with Crippen molar-refractivity contribution in [3.05, 3.63) is 12.3 Å². The highest BCUT2D eigenvalue weighted by molar-refractivity contribution is 5.42. The van der Waals surface area contributed by atoms with Gasteiger partial charge in [0.2, 0.25) is 5.95 Å². The molecule has 2 fully saturated rings. The van der Waals surface area contributed by atoms with Gasteiger partial charge in [0.25, 0.3) is 0 Å². The summed E-state index contributed by atoms with van der Waals surface area (Å²) in [5.74, 6) is 1.89. The maximum atomic E-state index is 4.80. The Morgan fingerprint density at radius 3 is 2.69 bits per heavy atom. The number of likely N-dealkylation sites (tertiary alicyclic amines) is 1. The molecular weight excluding hydrogens is 322 g/mol. The Morgan fingerprint density at radius 2 is 1.88 bits per heavy atom. The third-order valence-electron chi connectivity index (χ3n) is 5.86. The third-order valence-corrected chi connectivity index (χ3v) is 5.86. The molecule has 2 saturated heterocycles. The van der Waals surface area contributed by atoms with Crippen LogP contribution in [-0.4, -0.2) is 53.6 Å². The second-order valence-electron chi connectivity index (χ2n) is 7.91. The zero-order valence-electron chi connectivity index (χ0n) is 16.6. The first-order chi connectivity index (χ1) is 12.9. The summed E-state index contributed by atoms with van der Waals surface area (Å²) in [6.07, 6.45) is 15.2. The highest BCUT2D eigenvalue weighted by Crippen LogP contribution is 2.20. The van der Waals surface area contributed by atoms with Gasteiger partial charge in [-0.3, -0.25) is 4.90 Å². The van der Waals surface area contributed by atoms with E-state index >= 15 is 0 Å². The number of nitrogens with zero attached hydrogens (tertiary/aromatic N) is 4. The monoisotopic (exact) mass is 359 g/mol. The Bertz CT molecular complexity index is 513. The SMILES string of the molecule is CCCCCCN1CCCC1CNc1nccc(N2CCCCCC2)n1. The van der Waals surface area contributed by atoms with Gasteiger partial charge >= 0.3 is 0 Å². The molecule has 1 unspecified atom stereocenters. The van der Waals surface area contributed by atoms with E-state index in [0.29, 0.717) is 6.04 Å². The summed E-state index contributed by atoms with van der Waals surface area (Å²) in [7, 11) is 0. The Morgan fingerprint density at radius 1 is 1.04 bits per heavy atom. The van der Waals surface area contributed by atoms with Crippen LogP contribution in [0.5, 0.6) is 0 Å². The second kappa shape index (κ2) is 10.7. The summed E-state index contributed by atoms with van der Waals surface area (Å²) < 4.78 is 0. The normalized spacial score (nSPS) is 21.7. The molecule has 3 heterocycles. The molecule has 0 saturated carbocycles. The molecule has 0 aliphatic carbocycles. The van der Waals surface area contributed by atoms with E-state index in [1.165, 1.54) is 77.3 Å². The number of anilines is 2. The van der Waals surface area contributed by atoms with Gasteiger partial charge in [0, 0.05) is 31.9 Å². The van der Waals surface area contributed by atoms with Crippen molar-refractivity contribution in [1.29, 1.82) is 0 Å². The van der Waals surface area contributed by atoms with Crippen molar-refractivity contribution in [2.75, 3.05) is 42.9 Å². The summed E-state index contributed by atoms with van der Waals surface area (Å²) in [6, 6.07) is 2.70. The first kappa shape index (κ1) is 19.4. The summed E-state index contributed by atoms with van der Waals surface area (Å²) in [4.78, 5) is 14.4. The minimum absolute atomic E-state index is 0.641. The van der Waals surface area contributed by atoms with E-state index in [4.69, 9.17) is 4.98 Å². The largest absolute Gasteiger partial charge is 0.356 e. The standard InChI is InChI=1S/C21H37N5/c1-2-3-4-7-14-25-17-10-11-19(25)18-23-21-22-13-12-20(24-21)26-15-8-5-6-9-16-26/h12-13,19H,2-11,14-18H2,1H3,(H,22,23,24). The van der Waals surface area contributed by atoms with Crippen molar-refractivity contribution in [2.45, 2.75) is 77.2 Å². The molecule has 0 bridgehead atoms. The van der Waals surface area contributed by atoms with Gasteiger partial charge in [-0.1, -0.05) is 39.0 Å². The van der Waals surface area contributed by atoms with Crippen LogP contribution in [0.1, 0.15) is 71.1 Å². The van der Waals surface area contributed by atoms with Crippen LogP contribution in [0.15, 0.2) is 12.3 Å². The van der Waals surface area contributed by atoms with Crippen molar-refractivity contribution < 1.29 is 0 Å². The van der Waals surface area contributed by atoms with E-state index < -0.39 is 0 Å². The first-order valence-electron chi connectivity index (χ1n) is 10.9. The summed E-state index contributed by atoms with van der Waals surface area (Å²) in [5, 5.41) is 3.52. The molecule has 1 N–H and O–H groups in total. The van der Waals surface area contributed by atoms with Crippen LogP contribution >= 0.6 is 0 Å². The third kappa shape index (κ3) is 5.83. The Kier molecular flexibility index (Phi) is 7.99. The van der Waals surface area contributed by atoms with Gasteiger partial charge in [-0.25, -0.2) is 4.98 Å². The second-order valence-corrected chi connectivity index (χ2v) is 7.91. The zero-order valence-corrected chi connectivity index (χ0v) is 16.6. The average Bonchev–Trinajstić information content (AvgIpc) is 2.94. The molecule has 0 aromatic carbocycles. The van der Waals surface area contributed by atoms with Gasteiger partial charge in [0.1, 0.15) is 5.82 Å². The fraction of sp³-hybridized carbons (Fsp3) is 0.810. The van der Waals surface area contributed by atoms with Gasteiger partial charge in [-0.05, 0) is 51.3 Å². The molecule has 1 atom stereocenters. The van der Waals surface area contributed by atoms with Crippen LogP contribution in [-0.2, 0) is 0 Å². The van der Waals surface area contributed by atoms with Gasteiger partial charge in [0.15, 0.2) is 0 Å². The lowest BCUT2D eigenvalue weighted by molar-refractivity contribution is 0.256. The number of nitrogens with one attached hydrogen (secondary N) is 1. The highest BCUT2D eigenvalue weighted by Gasteiger charge is 2.23. The molecule has 5 nitrogen and oxygen atoms in total. The van der Waals surface area contributed by atoms with Gasteiger partial charge in [0.05, 0.1) is 0 Å². The van der Waals surface area contributed by atoms with E-state index in [1.807, 2.05) is 6.20 Å². The minimum Gasteiger partial charge on any atom is -0.356 e. The first-order valence-corrected chi connectivity index (χ1v) is 10.9. The van der Waals surface area contributed by atoms with Crippen molar-refractivity contribution >= 4 is 11.8 Å². The minimum atomic E-state index is 0.641. The number of hydrogen-bond acceptors (Lipinski definition) is 5. The fourth-order valence-electron chi connectivity index (χ4n) is 4.28. The van der Waals surface area contributed by atoms with Crippen LogP contribution in [0.3, 0.4) is 0 Å². The van der Waals surface area contributed by atoms with Crippen LogP contribution in [0.4, 0.5) is 11.8 Å². The van der Waals surface area contributed by atoms with Crippen LogP contribution in [0.25, 0.3) is 0 Å². The number of aromatic nitrogens is 2. The lowest BCUT2D eigenvalue weighted by Gasteiger charge is -2.25. The lowest BCUT2D eigenvalue weighted by Crippen LogP contribution is -2.36. The maximum absolute atomic E-state index is 4.80. The highest BCUT2D eigenvalue weighted by atomic mass is 15.2. The molecular formula is C21H37N5. The molecule has 1 aromatic rings. The quantitative estimate of drug-likeness (QED) is 0.666. The van der Waals surface area contributed by atoms with Crippen LogP contribution in [0, 0.1) is 0 Å².